The van der Waals surface area contributed by atoms with Crippen molar-refractivity contribution in [1.29, 1.82) is 0 Å². The quantitative estimate of drug-likeness (QED) is 0.644. The van der Waals surface area contributed by atoms with Crippen LogP contribution in [-0.2, 0) is 19.5 Å². The molecule has 2 aromatic rings. The number of pyridine rings is 1. The Bertz CT molecular complexity index is 1240. The molecular weight excluding hydrogens is 438 g/mol. The van der Waals surface area contributed by atoms with Crippen LogP contribution in [0, 0.1) is 0 Å². The zero-order valence-corrected chi connectivity index (χ0v) is 19.5. The number of hydrogen-bond acceptors (Lipinski definition) is 6. The summed E-state index contributed by atoms with van der Waals surface area (Å²) in [5.74, 6) is 0. The number of allylic oxidation sites excluding steroid dienone is 4. The number of ether oxygens (including phenoxy) is 2. The molecule has 0 aromatic carbocycles. The van der Waals surface area contributed by atoms with Crippen LogP contribution in [-0.4, -0.2) is 34.5 Å². The smallest absolute Gasteiger partial charge is 0.259 e. The van der Waals surface area contributed by atoms with Gasteiger partial charge < -0.3 is 14.8 Å². The highest BCUT2D eigenvalue weighted by molar-refractivity contribution is 7.91. The maximum atomic E-state index is 13.8. The van der Waals surface area contributed by atoms with Crippen LogP contribution in [0.4, 0.5) is 5.69 Å². The van der Waals surface area contributed by atoms with Crippen molar-refractivity contribution in [3.8, 4) is 0 Å². The fourth-order valence-electron chi connectivity index (χ4n) is 4.73. The van der Waals surface area contributed by atoms with Crippen molar-refractivity contribution in [2.75, 3.05) is 5.32 Å². The molecule has 0 bridgehead atoms. The van der Waals surface area contributed by atoms with Crippen LogP contribution in [0.15, 0.2) is 73.0 Å². The van der Waals surface area contributed by atoms with Gasteiger partial charge in [-0.2, -0.15) is 0 Å². The lowest BCUT2D eigenvalue weighted by molar-refractivity contribution is 0.0191. The van der Waals surface area contributed by atoms with Crippen molar-refractivity contribution in [2.45, 2.75) is 62.5 Å². The van der Waals surface area contributed by atoms with Crippen molar-refractivity contribution >= 4 is 26.7 Å². The molecule has 2 aliphatic carbocycles. The lowest BCUT2D eigenvalue weighted by Gasteiger charge is -2.28. The minimum absolute atomic E-state index is 0.379. The molecule has 1 atom stereocenters. The van der Waals surface area contributed by atoms with E-state index < -0.39 is 21.1 Å². The molecule has 3 aliphatic rings. The first-order valence-electron chi connectivity index (χ1n) is 11.5. The summed E-state index contributed by atoms with van der Waals surface area (Å²) >= 11 is 0. The molecular formula is C25H29N3O4S. The van der Waals surface area contributed by atoms with E-state index in [1.807, 2.05) is 30.4 Å². The Morgan fingerprint density at radius 3 is 2.76 bits per heavy atom. The summed E-state index contributed by atoms with van der Waals surface area (Å²) in [6, 6.07) is 4.20. The minimum atomic E-state index is -3.77. The zero-order chi connectivity index (χ0) is 22.9. The summed E-state index contributed by atoms with van der Waals surface area (Å²) in [7, 11) is -3.77. The summed E-state index contributed by atoms with van der Waals surface area (Å²) in [5.41, 5.74) is 2.19. The number of nitrogens with one attached hydrogen (secondary N) is 1. The minimum Gasteiger partial charge on any atom is -0.456 e. The predicted molar refractivity (Wildman–Crippen MR) is 129 cm³/mol. The third-order valence-electron chi connectivity index (χ3n) is 6.60. The Hall–Kier alpha value is -3.00. The van der Waals surface area contributed by atoms with Crippen LogP contribution in [0.3, 0.4) is 0 Å². The third kappa shape index (κ3) is 4.19. The van der Waals surface area contributed by atoms with Gasteiger partial charge in [0, 0.05) is 29.5 Å². The Kier molecular flexibility index (Phi) is 5.78. The van der Waals surface area contributed by atoms with E-state index in [9.17, 15) is 8.42 Å². The molecule has 1 saturated carbocycles. The fourth-order valence-corrected chi connectivity index (χ4v) is 6.37. The van der Waals surface area contributed by atoms with Crippen LogP contribution >= 0.6 is 0 Å². The van der Waals surface area contributed by atoms with E-state index in [0.29, 0.717) is 18.1 Å². The van der Waals surface area contributed by atoms with Crippen molar-refractivity contribution in [3.05, 3.63) is 73.0 Å². The van der Waals surface area contributed by atoms with Crippen molar-refractivity contribution in [1.82, 2.24) is 8.96 Å². The summed E-state index contributed by atoms with van der Waals surface area (Å²) in [5, 5.41) is 4.45. The molecule has 174 valence electrons. The zero-order valence-electron chi connectivity index (χ0n) is 18.7. The van der Waals surface area contributed by atoms with Gasteiger partial charge in [0.25, 0.3) is 6.29 Å². The molecule has 1 unspecified atom stereocenters. The fraction of sp³-hybridized carbons (Fsp3) is 0.400. The van der Waals surface area contributed by atoms with Crippen molar-refractivity contribution < 1.29 is 17.9 Å². The third-order valence-corrected chi connectivity index (χ3v) is 8.88. The van der Waals surface area contributed by atoms with E-state index in [1.165, 1.54) is 35.8 Å². The maximum Gasteiger partial charge on any atom is 0.259 e. The second-order valence-corrected chi connectivity index (χ2v) is 11.3. The molecule has 0 amide bonds. The highest BCUT2D eigenvalue weighted by Crippen LogP contribution is 2.35. The topological polar surface area (TPSA) is 82.5 Å². The highest BCUT2D eigenvalue weighted by atomic mass is 32.2. The normalized spacial score (nSPS) is 24.2. The van der Waals surface area contributed by atoms with Gasteiger partial charge in [-0.05, 0) is 50.0 Å². The van der Waals surface area contributed by atoms with Crippen molar-refractivity contribution in [2.24, 2.45) is 0 Å². The van der Waals surface area contributed by atoms with Gasteiger partial charge in [0.2, 0.25) is 10.0 Å². The summed E-state index contributed by atoms with van der Waals surface area (Å²) in [6.07, 6.45) is 21.3. The standard InChI is InChI=1S/C25H29N3O4S/c1-25(13-5-6-19(18-25)9-10-23-31-16-17-32-23)33(29,30)28-15-12-21-22(11-14-26-24(21)28)27-20-7-3-2-4-8-20/h5-6,9-12,14-18,20,23H,2-4,7-8,13H2,1H3,(H,26,27). The van der Waals surface area contributed by atoms with E-state index in [1.54, 1.807) is 31.5 Å². The SMILES string of the molecule is CC1(S(=O)(=O)n2ccc3c(NC4CCCCC4)ccnc32)C=C(C=CC2OC=CO2)C=CC1. The Balaban J connectivity index is 1.44. The average molecular weight is 468 g/mol. The molecule has 7 nitrogen and oxygen atoms in total. The van der Waals surface area contributed by atoms with E-state index in [-0.39, 0.29) is 0 Å². The largest absolute Gasteiger partial charge is 0.456 e. The molecule has 0 radical (unpaired) electrons. The Morgan fingerprint density at radius 2 is 1.97 bits per heavy atom. The van der Waals surface area contributed by atoms with Gasteiger partial charge in [0.05, 0.1) is 0 Å². The number of fused-ring (bicyclic) bond motifs is 1. The molecule has 8 heteroatoms. The second-order valence-electron chi connectivity index (χ2n) is 9.03. The molecule has 3 heterocycles. The van der Waals surface area contributed by atoms with Crippen molar-refractivity contribution in [3.63, 3.8) is 0 Å². The number of nitrogens with zero attached hydrogens (tertiary/aromatic N) is 2. The van der Waals surface area contributed by atoms with Crippen LogP contribution in [0.5, 0.6) is 0 Å². The lowest BCUT2D eigenvalue weighted by Crippen LogP contribution is -2.38. The van der Waals surface area contributed by atoms with Gasteiger partial charge in [0.15, 0.2) is 5.65 Å². The summed E-state index contributed by atoms with van der Waals surface area (Å²) < 4.78 is 38.4. The lowest BCUT2D eigenvalue weighted by atomic mass is 9.95. The number of hydrogen-bond donors (Lipinski definition) is 1. The van der Waals surface area contributed by atoms with Gasteiger partial charge in [-0.1, -0.05) is 43.6 Å². The molecule has 0 saturated heterocycles. The molecule has 0 spiro atoms. The van der Waals surface area contributed by atoms with Crippen LogP contribution in [0.2, 0.25) is 0 Å². The molecule has 33 heavy (non-hydrogen) atoms. The van der Waals surface area contributed by atoms with Gasteiger partial charge in [0.1, 0.15) is 17.3 Å². The van der Waals surface area contributed by atoms with E-state index in [0.717, 1.165) is 29.5 Å². The van der Waals surface area contributed by atoms with Gasteiger partial charge in [-0.15, -0.1) is 0 Å². The first kappa shape index (κ1) is 21.8. The van der Waals surface area contributed by atoms with Gasteiger partial charge in [-0.3, -0.25) is 0 Å². The molecule has 1 N–H and O–H groups in total. The summed E-state index contributed by atoms with van der Waals surface area (Å²) in [6.45, 7) is 1.75. The van der Waals surface area contributed by atoms with E-state index in [4.69, 9.17) is 9.47 Å². The van der Waals surface area contributed by atoms with Gasteiger partial charge in [-0.25, -0.2) is 17.4 Å². The first-order valence-corrected chi connectivity index (χ1v) is 12.9. The first-order chi connectivity index (χ1) is 16.0. The number of anilines is 1. The van der Waals surface area contributed by atoms with Crippen LogP contribution < -0.4 is 5.32 Å². The maximum absolute atomic E-state index is 13.8. The van der Waals surface area contributed by atoms with Gasteiger partial charge >= 0.3 is 0 Å². The number of rotatable bonds is 6. The Morgan fingerprint density at radius 1 is 1.18 bits per heavy atom. The number of aromatic nitrogens is 2. The molecule has 2 aromatic heterocycles. The average Bonchev–Trinajstić information content (AvgIpc) is 3.49. The van der Waals surface area contributed by atoms with E-state index >= 15 is 0 Å². The highest BCUT2D eigenvalue weighted by Gasteiger charge is 2.40. The molecule has 1 aliphatic heterocycles. The predicted octanol–water partition coefficient (Wildman–Crippen LogP) is 5.00. The van der Waals surface area contributed by atoms with E-state index in [2.05, 4.69) is 10.3 Å². The second kappa shape index (κ2) is 8.74. The van der Waals surface area contributed by atoms with Crippen LogP contribution in [0.1, 0.15) is 45.4 Å². The Labute approximate surface area is 194 Å². The van der Waals surface area contributed by atoms with Crippen LogP contribution in [0.25, 0.3) is 11.0 Å². The monoisotopic (exact) mass is 467 g/mol. The molecule has 1 fully saturated rings. The summed E-state index contributed by atoms with van der Waals surface area (Å²) in [4.78, 5) is 4.45. The molecule has 5 rings (SSSR count).